The van der Waals surface area contributed by atoms with Crippen LogP contribution in [0.25, 0.3) is 22.1 Å². The van der Waals surface area contributed by atoms with E-state index >= 15 is 0 Å². The quantitative estimate of drug-likeness (QED) is 0.504. The highest BCUT2D eigenvalue weighted by molar-refractivity contribution is 7.99. The normalized spacial score (nSPS) is 11.1. The summed E-state index contributed by atoms with van der Waals surface area (Å²) < 4.78 is 0. The number of benzene rings is 2. The van der Waals surface area contributed by atoms with Crippen molar-refractivity contribution in [2.75, 3.05) is 12.3 Å². The molecule has 0 bridgehead atoms. The number of hydrogen-bond acceptors (Lipinski definition) is 5. The van der Waals surface area contributed by atoms with E-state index < -0.39 is 0 Å². The number of nitrogens with zero attached hydrogens (tertiary/aromatic N) is 3. The zero-order valence-corrected chi connectivity index (χ0v) is 15.7. The first-order valence-corrected chi connectivity index (χ1v) is 9.74. The first-order valence-electron chi connectivity index (χ1n) is 8.76. The first-order chi connectivity index (χ1) is 13.2. The molecule has 4 aromatic rings. The fraction of sp³-hybridized carbons (Fsp3) is 0.200. The number of thioether (sulfide) groups is 1. The van der Waals surface area contributed by atoms with Gasteiger partial charge in [0.15, 0.2) is 5.65 Å². The Morgan fingerprint density at radius 3 is 2.81 bits per heavy atom. The van der Waals surface area contributed by atoms with Crippen molar-refractivity contribution in [3.8, 4) is 0 Å². The number of H-pyrrole nitrogens is 1. The Labute approximate surface area is 160 Å². The molecule has 6 nitrogen and oxygen atoms in total. The fourth-order valence-electron chi connectivity index (χ4n) is 2.98. The van der Waals surface area contributed by atoms with Crippen molar-refractivity contribution >= 4 is 39.7 Å². The molecule has 0 aliphatic carbocycles. The van der Waals surface area contributed by atoms with E-state index in [1.807, 2.05) is 36.4 Å². The Morgan fingerprint density at radius 1 is 1.11 bits per heavy atom. The van der Waals surface area contributed by atoms with Gasteiger partial charge in [0.2, 0.25) is 11.1 Å². The van der Waals surface area contributed by atoms with Gasteiger partial charge in [-0.3, -0.25) is 4.79 Å². The number of nitrogens with one attached hydrogen (secondary N) is 2. The van der Waals surface area contributed by atoms with Gasteiger partial charge in [0.1, 0.15) is 5.52 Å². The molecule has 0 spiro atoms. The molecule has 2 N–H and O–H groups in total. The van der Waals surface area contributed by atoms with Crippen LogP contribution in [0.4, 0.5) is 0 Å². The Bertz CT molecular complexity index is 1110. The van der Waals surface area contributed by atoms with Crippen molar-refractivity contribution in [3.63, 3.8) is 0 Å². The molecule has 0 unspecified atom stereocenters. The van der Waals surface area contributed by atoms with Crippen molar-refractivity contribution in [1.29, 1.82) is 0 Å². The predicted octanol–water partition coefficient (Wildman–Crippen LogP) is 3.27. The lowest BCUT2D eigenvalue weighted by Crippen LogP contribution is -2.27. The molecular weight excluding hydrogens is 358 g/mol. The maximum Gasteiger partial charge on any atom is 0.230 e. The monoisotopic (exact) mass is 377 g/mol. The van der Waals surface area contributed by atoms with Gasteiger partial charge in [-0.05, 0) is 30.5 Å². The Hall–Kier alpha value is -2.93. The number of aromatic nitrogens is 4. The number of carbonyl (C=O) groups excluding carboxylic acids is 1. The van der Waals surface area contributed by atoms with Crippen molar-refractivity contribution in [1.82, 2.24) is 25.5 Å². The van der Waals surface area contributed by atoms with Crippen LogP contribution in [0.5, 0.6) is 0 Å². The van der Waals surface area contributed by atoms with Crippen molar-refractivity contribution in [3.05, 3.63) is 59.7 Å². The molecule has 2 heterocycles. The highest BCUT2D eigenvalue weighted by atomic mass is 32.2. The van der Waals surface area contributed by atoms with Gasteiger partial charge in [-0.2, -0.15) is 0 Å². The molecule has 0 atom stereocenters. The van der Waals surface area contributed by atoms with Crippen LogP contribution in [0.3, 0.4) is 0 Å². The Kier molecular flexibility index (Phi) is 5.02. The van der Waals surface area contributed by atoms with Crippen LogP contribution >= 0.6 is 11.8 Å². The smallest absolute Gasteiger partial charge is 0.230 e. The minimum atomic E-state index is -0.0334. The molecule has 0 radical (unpaired) electrons. The predicted molar refractivity (Wildman–Crippen MR) is 108 cm³/mol. The molecule has 1 amide bonds. The van der Waals surface area contributed by atoms with Crippen LogP contribution in [-0.4, -0.2) is 38.4 Å². The lowest BCUT2D eigenvalue weighted by atomic mass is 10.1. The zero-order valence-electron chi connectivity index (χ0n) is 14.9. The molecule has 2 aromatic heterocycles. The summed E-state index contributed by atoms with van der Waals surface area (Å²) in [6.45, 7) is 2.70. The SMILES string of the molecule is Cc1ccccc1CCNC(=O)CSc1nnc2c(n1)[nH]c1ccccc12. The Morgan fingerprint density at radius 2 is 1.93 bits per heavy atom. The van der Waals surface area contributed by atoms with E-state index in [4.69, 9.17) is 0 Å². The summed E-state index contributed by atoms with van der Waals surface area (Å²) >= 11 is 1.29. The highest BCUT2D eigenvalue weighted by Crippen LogP contribution is 2.23. The lowest BCUT2D eigenvalue weighted by Gasteiger charge is -2.07. The molecule has 0 aliphatic rings. The van der Waals surface area contributed by atoms with E-state index in [0.29, 0.717) is 17.3 Å². The van der Waals surface area contributed by atoms with Gasteiger partial charge in [0, 0.05) is 17.4 Å². The van der Waals surface area contributed by atoms with Crippen LogP contribution in [0.2, 0.25) is 0 Å². The topological polar surface area (TPSA) is 83.6 Å². The summed E-state index contributed by atoms with van der Waals surface area (Å²) in [6.07, 6.45) is 0.822. The van der Waals surface area contributed by atoms with E-state index in [-0.39, 0.29) is 11.7 Å². The molecule has 0 aliphatic heterocycles. The second kappa shape index (κ2) is 7.75. The summed E-state index contributed by atoms with van der Waals surface area (Å²) in [5, 5.41) is 12.8. The van der Waals surface area contributed by atoms with E-state index in [1.54, 1.807) is 0 Å². The number of amides is 1. The molecule has 27 heavy (non-hydrogen) atoms. The van der Waals surface area contributed by atoms with Crippen LogP contribution in [0.15, 0.2) is 53.7 Å². The minimum absolute atomic E-state index is 0.0334. The van der Waals surface area contributed by atoms with Crippen LogP contribution in [0.1, 0.15) is 11.1 Å². The molecule has 0 saturated carbocycles. The van der Waals surface area contributed by atoms with Gasteiger partial charge in [-0.1, -0.05) is 54.2 Å². The van der Waals surface area contributed by atoms with Crippen molar-refractivity contribution < 1.29 is 4.79 Å². The van der Waals surface area contributed by atoms with E-state index in [2.05, 4.69) is 44.5 Å². The highest BCUT2D eigenvalue weighted by Gasteiger charge is 2.10. The number of rotatable bonds is 6. The number of hydrogen-bond donors (Lipinski definition) is 2. The molecule has 2 aromatic carbocycles. The number of carbonyl (C=O) groups is 1. The summed E-state index contributed by atoms with van der Waals surface area (Å²) in [7, 11) is 0. The third-order valence-corrected chi connectivity index (χ3v) is 5.25. The molecule has 0 fully saturated rings. The van der Waals surface area contributed by atoms with Gasteiger partial charge in [-0.25, -0.2) is 4.98 Å². The van der Waals surface area contributed by atoms with E-state index in [0.717, 1.165) is 22.8 Å². The summed E-state index contributed by atoms with van der Waals surface area (Å²) in [4.78, 5) is 19.8. The molecule has 136 valence electrons. The first kappa shape index (κ1) is 17.5. The van der Waals surface area contributed by atoms with E-state index in [1.165, 1.54) is 22.9 Å². The van der Waals surface area contributed by atoms with Gasteiger partial charge in [-0.15, -0.1) is 10.2 Å². The second-order valence-corrected chi connectivity index (χ2v) is 7.22. The summed E-state index contributed by atoms with van der Waals surface area (Å²) in [5.74, 6) is 0.232. The standard InChI is InChI=1S/C20H19N5OS/c1-13-6-2-3-7-14(13)10-11-21-17(26)12-27-20-23-19-18(24-25-20)15-8-4-5-9-16(15)22-19/h2-9H,10-12H2,1H3,(H,21,26)(H,22,23,25). The van der Waals surface area contributed by atoms with Crippen molar-refractivity contribution in [2.24, 2.45) is 0 Å². The van der Waals surface area contributed by atoms with Gasteiger partial charge in [0.05, 0.1) is 5.75 Å². The minimum Gasteiger partial charge on any atom is -0.355 e. The molecular formula is C20H19N5OS. The van der Waals surface area contributed by atoms with Gasteiger partial charge < -0.3 is 10.3 Å². The molecule has 7 heteroatoms. The third-order valence-electron chi connectivity index (χ3n) is 4.41. The average molecular weight is 377 g/mol. The summed E-state index contributed by atoms with van der Waals surface area (Å²) in [5.41, 5.74) is 4.91. The number of aromatic amines is 1. The van der Waals surface area contributed by atoms with Crippen LogP contribution in [-0.2, 0) is 11.2 Å². The lowest BCUT2D eigenvalue weighted by molar-refractivity contribution is -0.118. The van der Waals surface area contributed by atoms with Crippen molar-refractivity contribution in [2.45, 2.75) is 18.5 Å². The number of fused-ring (bicyclic) bond motifs is 3. The molecule has 4 rings (SSSR count). The maximum atomic E-state index is 12.1. The second-order valence-electron chi connectivity index (χ2n) is 6.28. The maximum absolute atomic E-state index is 12.1. The van der Waals surface area contributed by atoms with Crippen LogP contribution in [0, 0.1) is 6.92 Å². The Balaban J connectivity index is 1.33. The van der Waals surface area contributed by atoms with Gasteiger partial charge in [0.25, 0.3) is 0 Å². The average Bonchev–Trinajstić information content (AvgIpc) is 3.05. The molecule has 0 saturated heterocycles. The number of aryl methyl sites for hydroxylation is 1. The summed E-state index contributed by atoms with van der Waals surface area (Å²) in [6, 6.07) is 16.1. The largest absolute Gasteiger partial charge is 0.355 e. The van der Waals surface area contributed by atoms with Gasteiger partial charge >= 0.3 is 0 Å². The van der Waals surface area contributed by atoms with Crippen LogP contribution < -0.4 is 5.32 Å². The fourth-order valence-corrected chi connectivity index (χ4v) is 3.59. The van der Waals surface area contributed by atoms with E-state index in [9.17, 15) is 4.79 Å². The third kappa shape index (κ3) is 3.93. The number of para-hydroxylation sites is 1. The zero-order chi connectivity index (χ0) is 18.6.